The topological polar surface area (TPSA) is 72.6 Å². The molecular formula is C12H10ClNO4. The first-order valence-electron chi connectivity index (χ1n) is 5.08. The molecule has 0 atom stereocenters. The summed E-state index contributed by atoms with van der Waals surface area (Å²) in [5, 5.41) is 13.3. The molecule has 0 unspecified atom stereocenters. The second-order valence-corrected chi connectivity index (χ2v) is 4.02. The maximum Gasteiger partial charge on any atom is 0.341 e. The number of aromatic carboxylic acids is 1. The molecule has 1 aromatic heterocycles. The number of benzene rings is 1. The molecule has 2 rings (SSSR count). The van der Waals surface area contributed by atoms with Crippen molar-refractivity contribution in [2.75, 3.05) is 7.11 Å². The molecule has 1 N–H and O–H groups in total. The van der Waals surface area contributed by atoms with E-state index in [4.69, 9.17) is 26.0 Å². The van der Waals surface area contributed by atoms with Gasteiger partial charge in [0.2, 0.25) is 0 Å². The molecule has 0 aliphatic rings. The van der Waals surface area contributed by atoms with E-state index in [1.165, 1.54) is 7.11 Å². The first-order valence-corrected chi connectivity index (χ1v) is 5.46. The molecule has 0 aliphatic carbocycles. The largest absolute Gasteiger partial charge is 0.495 e. The first kappa shape index (κ1) is 12.4. The molecule has 1 heterocycles. The summed E-state index contributed by atoms with van der Waals surface area (Å²) in [7, 11) is 1.48. The van der Waals surface area contributed by atoms with Gasteiger partial charge in [-0.25, -0.2) is 4.79 Å². The third-order valence-electron chi connectivity index (χ3n) is 2.50. The fourth-order valence-corrected chi connectivity index (χ4v) is 1.82. The Labute approximate surface area is 108 Å². The highest BCUT2D eigenvalue weighted by Crippen LogP contribution is 2.32. The van der Waals surface area contributed by atoms with Crippen molar-refractivity contribution in [3.8, 4) is 17.0 Å². The van der Waals surface area contributed by atoms with Crippen molar-refractivity contribution in [1.29, 1.82) is 0 Å². The molecule has 0 bridgehead atoms. The number of carboxylic acid groups (broad SMARTS) is 1. The van der Waals surface area contributed by atoms with Crippen LogP contribution in [0.1, 0.15) is 16.1 Å². The number of aryl methyl sites for hydroxylation is 1. The number of halogens is 1. The van der Waals surface area contributed by atoms with E-state index in [1.807, 2.05) is 0 Å². The number of hydrogen-bond donors (Lipinski definition) is 1. The maximum atomic E-state index is 11.1. The van der Waals surface area contributed by atoms with E-state index in [1.54, 1.807) is 25.1 Å². The number of carboxylic acids is 1. The van der Waals surface area contributed by atoms with Crippen molar-refractivity contribution in [2.24, 2.45) is 0 Å². The van der Waals surface area contributed by atoms with E-state index >= 15 is 0 Å². The van der Waals surface area contributed by atoms with Crippen LogP contribution in [0.25, 0.3) is 11.3 Å². The van der Waals surface area contributed by atoms with Crippen molar-refractivity contribution in [3.63, 3.8) is 0 Å². The van der Waals surface area contributed by atoms with Crippen LogP contribution >= 0.6 is 11.6 Å². The molecule has 0 fully saturated rings. The van der Waals surface area contributed by atoms with Gasteiger partial charge in [0.25, 0.3) is 0 Å². The summed E-state index contributed by atoms with van der Waals surface area (Å²) in [5.41, 5.74) is 0.875. The van der Waals surface area contributed by atoms with Crippen molar-refractivity contribution < 1.29 is 19.2 Å². The second-order valence-electron chi connectivity index (χ2n) is 3.62. The van der Waals surface area contributed by atoms with E-state index in [0.29, 0.717) is 16.3 Å². The summed E-state index contributed by atoms with van der Waals surface area (Å²) in [4.78, 5) is 11.1. The zero-order valence-corrected chi connectivity index (χ0v) is 10.5. The van der Waals surface area contributed by atoms with Gasteiger partial charge in [0.1, 0.15) is 22.8 Å². The highest BCUT2D eigenvalue weighted by molar-refractivity contribution is 6.32. The lowest BCUT2D eigenvalue weighted by molar-refractivity contribution is 0.0696. The van der Waals surface area contributed by atoms with Gasteiger partial charge in [-0.05, 0) is 19.1 Å². The van der Waals surface area contributed by atoms with Crippen molar-refractivity contribution in [2.45, 2.75) is 6.92 Å². The number of methoxy groups -OCH3 is 1. The van der Waals surface area contributed by atoms with Crippen molar-refractivity contribution >= 4 is 17.6 Å². The van der Waals surface area contributed by atoms with Crippen LogP contribution in [0.5, 0.6) is 5.75 Å². The molecule has 5 nitrogen and oxygen atoms in total. The minimum atomic E-state index is -1.09. The monoisotopic (exact) mass is 267 g/mol. The second kappa shape index (κ2) is 4.70. The summed E-state index contributed by atoms with van der Waals surface area (Å²) in [6, 6.07) is 4.89. The molecule has 6 heteroatoms. The Balaban J connectivity index is 2.59. The number of nitrogens with zero attached hydrogens (tertiary/aromatic N) is 1. The number of ether oxygens (including phenoxy) is 1. The Kier molecular flexibility index (Phi) is 3.25. The van der Waals surface area contributed by atoms with Gasteiger partial charge in [0.15, 0.2) is 0 Å². The zero-order valence-electron chi connectivity index (χ0n) is 9.73. The molecule has 0 spiro atoms. The van der Waals surface area contributed by atoms with E-state index in [2.05, 4.69) is 5.16 Å². The van der Waals surface area contributed by atoms with E-state index in [0.717, 1.165) is 0 Å². The van der Waals surface area contributed by atoms with Gasteiger partial charge < -0.3 is 14.4 Å². The van der Waals surface area contributed by atoms with Gasteiger partial charge in [-0.15, -0.1) is 0 Å². The fraction of sp³-hybridized carbons (Fsp3) is 0.167. The zero-order chi connectivity index (χ0) is 13.3. The smallest absolute Gasteiger partial charge is 0.341 e. The number of carbonyl (C=O) groups is 1. The average Bonchev–Trinajstić information content (AvgIpc) is 2.72. The van der Waals surface area contributed by atoms with Crippen molar-refractivity contribution in [3.05, 3.63) is 34.5 Å². The molecule has 94 valence electrons. The van der Waals surface area contributed by atoms with Crippen LogP contribution in [-0.2, 0) is 0 Å². The Bertz CT molecular complexity index is 606. The molecule has 18 heavy (non-hydrogen) atoms. The van der Waals surface area contributed by atoms with Crippen LogP contribution in [0.2, 0.25) is 5.02 Å². The molecule has 1 aromatic carbocycles. The number of rotatable bonds is 3. The average molecular weight is 268 g/mol. The van der Waals surface area contributed by atoms with Crippen LogP contribution in [0, 0.1) is 6.92 Å². The molecule has 2 aromatic rings. The number of hydrogen-bond acceptors (Lipinski definition) is 4. The third kappa shape index (κ3) is 2.04. The van der Waals surface area contributed by atoms with Gasteiger partial charge in [-0.1, -0.05) is 22.8 Å². The molecule has 0 saturated carbocycles. The summed E-state index contributed by atoms with van der Waals surface area (Å²) in [5.74, 6) is -0.379. The van der Waals surface area contributed by atoms with Gasteiger partial charge in [0, 0.05) is 5.56 Å². The quantitative estimate of drug-likeness (QED) is 0.925. The van der Waals surface area contributed by atoms with E-state index < -0.39 is 5.97 Å². The highest BCUT2D eigenvalue weighted by Gasteiger charge is 2.21. The third-order valence-corrected chi connectivity index (χ3v) is 2.81. The minimum Gasteiger partial charge on any atom is -0.495 e. The molecule has 0 saturated heterocycles. The predicted molar refractivity (Wildman–Crippen MR) is 65.2 cm³/mol. The van der Waals surface area contributed by atoms with Crippen LogP contribution in [0.3, 0.4) is 0 Å². The van der Waals surface area contributed by atoms with Crippen LogP contribution < -0.4 is 4.74 Å². The Morgan fingerprint density at radius 3 is 2.83 bits per heavy atom. The summed E-state index contributed by atoms with van der Waals surface area (Å²) >= 11 is 5.91. The van der Waals surface area contributed by atoms with Gasteiger partial charge in [-0.3, -0.25) is 0 Å². The Morgan fingerprint density at radius 1 is 1.50 bits per heavy atom. The summed E-state index contributed by atoms with van der Waals surface area (Å²) in [6.45, 7) is 1.55. The van der Waals surface area contributed by atoms with Crippen molar-refractivity contribution in [1.82, 2.24) is 5.16 Å². The van der Waals surface area contributed by atoms with Crippen LogP contribution in [0.15, 0.2) is 22.7 Å². The Hall–Kier alpha value is -2.01. The van der Waals surface area contributed by atoms with Crippen LogP contribution in [-0.4, -0.2) is 23.3 Å². The molecule has 0 aliphatic heterocycles. The predicted octanol–water partition coefficient (Wildman–Crippen LogP) is 3.01. The van der Waals surface area contributed by atoms with E-state index in [-0.39, 0.29) is 17.0 Å². The van der Waals surface area contributed by atoms with Gasteiger partial charge in [0.05, 0.1) is 12.1 Å². The summed E-state index contributed by atoms with van der Waals surface area (Å²) in [6.07, 6.45) is 0. The summed E-state index contributed by atoms with van der Waals surface area (Å²) < 4.78 is 9.99. The van der Waals surface area contributed by atoms with Gasteiger partial charge >= 0.3 is 5.97 Å². The number of aromatic nitrogens is 1. The molecule has 0 radical (unpaired) electrons. The standard InChI is InChI=1S/C12H10ClNO4/c1-6-10(12(15)16)11(14-18-6)7-3-4-8(13)9(5-7)17-2/h3-5H,1-2H3,(H,15,16). The lowest BCUT2D eigenvalue weighted by Crippen LogP contribution is -1.99. The normalized spacial score (nSPS) is 10.4. The maximum absolute atomic E-state index is 11.1. The lowest BCUT2D eigenvalue weighted by Gasteiger charge is -2.05. The van der Waals surface area contributed by atoms with Crippen LogP contribution in [0.4, 0.5) is 0 Å². The fourth-order valence-electron chi connectivity index (χ4n) is 1.63. The van der Waals surface area contributed by atoms with Gasteiger partial charge in [-0.2, -0.15) is 0 Å². The van der Waals surface area contributed by atoms with E-state index in [9.17, 15) is 4.79 Å². The Morgan fingerprint density at radius 2 is 2.22 bits per heavy atom. The first-order chi connectivity index (χ1) is 8.54. The minimum absolute atomic E-state index is 0.0411. The lowest BCUT2D eigenvalue weighted by atomic mass is 10.1. The molecular weight excluding hydrogens is 258 g/mol. The highest BCUT2D eigenvalue weighted by atomic mass is 35.5. The SMILES string of the molecule is COc1cc(-c2noc(C)c2C(=O)O)ccc1Cl. The molecule has 0 amide bonds.